The van der Waals surface area contributed by atoms with Crippen molar-refractivity contribution in [1.29, 1.82) is 0 Å². The molecule has 2 nitrogen and oxygen atoms in total. The van der Waals surface area contributed by atoms with Crippen LogP contribution in [0.1, 0.15) is 29.6 Å². The lowest BCUT2D eigenvalue weighted by molar-refractivity contribution is 0.0740. The number of ketones is 1. The zero-order valence-corrected chi connectivity index (χ0v) is 9.91. The van der Waals surface area contributed by atoms with Crippen molar-refractivity contribution in [2.24, 2.45) is 5.92 Å². The van der Waals surface area contributed by atoms with Gasteiger partial charge in [0.25, 0.3) is 0 Å². The Kier molecular flexibility index (Phi) is 2.68. The molecule has 2 aliphatic heterocycles. The van der Waals surface area contributed by atoms with Gasteiger partial charge in [0.1, 0.15) is 5.82 Å². The van der Waals surface area contributed by atoms with Crippen molar-refractivity contribution >= 4 is 17.4 Å². The van der Waals surface area contributed by atoms with Crippen molar-refractivity contribution < 1.29 is 13.9 Å². The van der Waals surface area contributed by atoms with E-state index in [0.29, 0.717) is 5.02 Å². The van der Waals surface area contributed by atoms with Gasteiger partial charge in [-0.15, -0.1) is 0 Å². The predicted octanol–water partition coefficient (Wildman–Crippen LogP) is 3.23. The zero-order valence-electron chi connectivity index (χ0n) is 9.16. The molecule has 3 rings (SSSR count). The van der Waals surface area contributed by atoms with Crippen molar-refractivity contribution in [3.63, 3.8) is 0 Å². The number of rotatable bonds is 2. The molecule has 1 aromatic carbocycles. The maximum Gasteiger partial charge on any atom is 0.171 e. The van der Waals surface area contributed by atoms with Crippen LogP contribution < -0.4 is 0 Å². The fourth-order valence-corrected chi connectivity index (χ4v) is 2.96. The molecule has 2 bridgehead atoms. The number of carbonyl (C=O) groups excluding carboxylic acids is 1. The van der Waals surface area contributed by atoms with E-state index in [4.69, 9.17) is 16.3 Å². The zero-order chi connectivity index (χ0) is 12.0. The number of ether oxygens (including phenoxy) is 1. The highest BCUT2D eigenvalue weighted by atomic mass is 35.5. The van der Waals surface area contributed by atoms with Gasteiger partial charge in [-0.05, 0) is 37.5 Å². The Hall–Kier alpha value is -0.930. The van der Waals surface area contributed by atoms with Gasteiger partial charge in [-0.3, -0.25) is 4.79 Å². The molecular formula is C13H12ClFO2. The van der Waals surface area contributed by atoms with Gasteiger partial charge in [-0.25, -0.2) is 4.39 Å². The Balaban J connectivity index is 1.87. The second-order valence-electron chi connectivity index (χ2n) is 4.70. The van der Waals surface area contributed by atoms with Crippen LogP contribution >= 0.6 is 11.6 Å². The summed E-state index contributed by atoms with van der Waals surface area (Å²) >= 11 is 5.67. The summed E-state index contributed by atoms with van der Waals surface area (Å²) in [4.78, 5) is 12.2. The molecule has 0 amide bonds. The molecule has 1 aromatic rings. The van der Waals surface area contributed by atoms with Crippen molar-refractivity contribution in [3.8, 4) is 0 Å². The molecule has 0 N–H and O–H groups in total. The van der Waals surface area contributed by atoms with Crippen LogP contribution in [0, 0.1) is 11.7 Å². The normalized spacial score (nSPS) is 30.8. The second kappa shape index (κ2) is 4.07. The number of hydrogen-bond acceptors (Lipinski definition) is 2. The summed E-state index contributed by atoms with van der Waals surface area (Å²) < 4.78 is 19.3. The molecule has 2 fully saturated rings. The lowest BCUT2D eigenvalue weighted by Crippen LogP contribution is -2.26. The van der Waals surface area contributed by atoms with E-state index in [9.17, 15) is 9.18 Å². The van der Waals surface area contributed by atoms with Crippen LogP contribution in [0.25, 0.3) is 0 Å². The van der Waals surface area contributed by atoms with Crippen LogP contribution in [0.4, 0.5) is 4.39 Å². The van der Waals surface area contributed by atoms with Crippen molar-refractivity contribution in [2.75, 3.05) is 0 Å². The van der Waals surface area contributed by atoms with E-state index >= 15 is 0 Å². The molecule has 0 aliphatic carbocycles. The van der Waals surface area contributed by atoms with Gasteiger partial charge in [-0.2, -0.15) is 0 Å². The number of benzene rings is 1. The van der Waals surface area contributed by atoms with Crippen LogP contribution in [0.15, 0.2) is 18.2 Å². The van der Waals surface area contributed by atoms with Gasteiger partial charge in [0.15, 0.2) is 5.78 Å². The topological polar surface area (TPSA) is 26.3 Å². The van der Waals surface area contributed by atoms with Crippen molar-refractivity contribution in [3.05, 3.63) is 34.6 Å². The Morgan fingerprint density at radius 3 is 2.82 bits per heavy atom. The molecule has 0 radical (unpaired) electrons. The lowest BCUT2D eigenvalue weighted by atomic mass is 9.83. The van der Waals surface area contributed by atoms with Crippen molar-refractivity contribution in [2.45, 2.75) is 31.5 Å². The van der Waals surface area contributed by atoms with Crippen LogP contribution in [0.2, 0.25) is 5.02 Å². The number of Topliss-reactive ketones (excluding diaryl/α,β-unsaturated/α-hetero) is 1. The maximum atomic E-state index is 13.7. The molecule has 4 heteroatoms. The van der Waals surface area contributed by atoms with Gasteiger partial charge >= 0.3 is 0 Å². The quantitative estimate of drug-likeness (QED) is 0.758. The largest absolute Gasteiger partial charge is 0.374 e. The Bertz CT molecular complexity index is 474. The number of fused-ring (bicyclic) bond motifs is 2. The summed E-state index contributed by atoms with van der Waals surface area (Å²) in [6.07, 6.45) is 2.85. The minimum absolute atomic E-state index is 0.0115. The Morgan fingerprint density at radius 1 is 1.41 bits per heavy atom. The van der Waals surface area contributed by atoms with E-state index in [-0.39, 0.29) is 29.5 Å². The number of carbonyl (C=O) groups is 1. The minimum Gasteiger partial charge on any atom is -0.374 e. The van der Waals surface area contributed by atoms with Gasteiger partial charge in [0.05, 0.1) is 23.7 Å². The summed E-state index contributed by atoms with van der Waals surface area (Å²) in [5, 5.41) is 0.309. The molecule has 3 unspecified atom stereocenters. The number of hydrogen-bond donors (Lipinski definition) is 0. The average molecular weight is 255 g/mol. The Labute approximate surface area is 104 Å². The summed E-state index contributed by atoms with van der Waals surface area (Å²) in [6, 6.07) is 4.20. The first-order chi connectivity index (χ1) is 8.15. The Morgan fingerprint density at radius 2 is 2.24 bits per heavy atom. The maximum absolute atomic E-state index is 13.7. The fraction of sp³-hybridized carbons (Fsp3) is 0.462. The lowest BCUT2D eigenvalue weighted by Gasteiger charge is -2.17. The van der Waals surface area contributed by atoms with Crippen LogP contribution in [-0.4, -0.2) is 18.0 Å². The van der Waals surface area contributed by atoms with Gasteiger partial charge in [-0.1, -0.05) is 11.6 Å². The summed E-state index contributed by atoms with van der Waals surface area (Å²) in [6.45, 7) is 0. The molecule has 90 valence electrons. The predicted molar refractivity (Wildman–Crippen MR) is 61.7 cm³/mol. The monoisotopic (exact) mass is 254 g/mol. The smallest absolute Gasteiger partial charge is 0.171 e. The van der Waals surface area contributed by atoms with Crippen LogP contribution in [-0.2, 0) is 4.74 Å². The first-order valence-electron chi connectivity index (χ1n) is 5.80. The standard InChI is InChI=1S/C13H12ClFO2/c14-7-1-3-9(11(15)5-7)13(16)10-6-8-2-4-12(10)17-8/h1,3,5,8,10,12H,2,4,6H2. The van der Waals surface area contributed by atoms with E-state index < -0.39 is 5.82 Å². The third-order valence-corrected chi connectivity index (χ3v) is 3.87. The highest BCUT2D eigenvalue weighted by molar-refractivity contribution is 6.30. The SMILES string of the molecule is O=C(c1ccc(Cl)cc1F)C1CC2CCC1O2. The first kappa shape index (κ1) is 11.2. The molecule has 3 atom stereocenters. The van der Waals surface area contributed by atoms with E-state index in [2.05, 4.69) is 0 Å². The van der Waals surface area contributed by atoms with E-state index in [1.165, 1.54) is 12.1 Å². The highest BCUT2D eigenvalue weighted by Gasteiger charge is 2.44. The molecular weight excluding hydrogens is 243 g/mol. The third kappa shape index (κ3) is 1.87. The first-order valence-corrected chi connectivity index (χ1v) is 6.17. The number of halogens is 2. The van der Waals surface area contributed by atoms with Gasteiger partial charge in [0.2, 0.25) is 0 Å². The molecule has 2 aliphatic rings. The third-order valence-electron chi connectivity index (χ3n) is 3.64. The van der Waals surface area contributed by atoms with Gasteiger partial charge < -0.3 is 4.74 Å². The summed E-state index contributed by atoms with van der Waals surface area (Å²) in [5.41, 5.74) is 0.135. The molecule has 2 heterocycles. The van der Waals surface area contributed by atoms with E-state index in [1.807, 2.05) is 0 Å². The fourth-order valence-electron chi connectivity index (χ4n) is 2.80. The second-order valence-corrected chi connectivity index (χ2v) is 5.14. The van der Waals surface area contributed by atoms with Crippen molar-refractivity contribution in [1.82, 2.24) is 0 Å². The molecule has 17 heavy (non-hydrogen) atoms. The summed E-state index contributed by atoms with van der Waals surface area (Å²) in [5.74, 6) is -0.860. The highest BCUT2D eigenvalue weighted by Crippen LogP contribution is 2.40. The van der Waals surface area contributed by atoms with E-state index in [1.54, 1.807) is 6.07 Å². The molecule has 0 aromatic heterocycles. The molecule has 0 saturated carbocycles. The van der Waals surface area contributed by atoms with Crippen LogP contribution in [0.5, 0.6) is 0 Å². The summed E-state index contributed by atoms with van der Waals surface area (Å²) in [7, 11) is 0. The minimum atomic E-state index is -0.537. The molecule has 0 spiro atoms. The van der Waals surface area contributed by atoms with E-state index in [0.717, 1.165) is 19.3 Å². The van der Waals surface area contributed by atoms with Crippen LogP contribution in [0.3, 0.4) is 0 Å². The average Bonchev–Trinajstić information content (AvgIpc) is 2.89. The van der Waals surface area contributed by atoms with Gasteiger partial charge in [0, 0.05) is 5.02 Å². The molecule has 2 saturated heterocycles.